The normalized spacial score (nSPS) is 11.9. The predicted octanol–water partition coefficient (Wildman–Crippen LogP) is 3.82. The largest absolute Gasteiger partial charge is 0.314 e. The van der Waals surface area contributed by atoms with Crippen LogP contribution in [0.1, 0.15) is 38.7 Å². The quantitative estimate of drug-likeness (QED) is 0.765. The van der Waals surface area contributed by atoms with Crippen LogP contribution < -0.4 is 5.32 Å². The highest BCUT2D eigenvalue weighted by Crippen LogP contribution is 2.07. The fourth-order valence-electron chi connectivity index (χ4n) is 1.87. The summed E-state index contributed by atoms with van der Waals surface area (Å²) >= 11 is 0. The van der Waals surface area contributed by atoms with E-state index in [0.717, 1.165) is 13.0 Å². The smallest absolute Gasteiger partial charge is 0.0107 e. The summed E-state index contributed by atoms with van der Waals surface area (Å²) < 4.78 is 0. The van der Waals surface area contributed by atoms with Crippen molar-refractivity contribution in [3.8, 4) is 0 Å². The second kappa shape index (κ2) is 9.68. The first-order valence-corrected chi connectivity index (χ1v) is 6.14. The zero-order valence-corrected chi connectivity index (χ0v) is 11.2. The van der Waals surface area contributed by atoms with Crippen LogP contribution in [-0.4, -0.2) is 12.6 Å². The Labute approximate surface area is 106 Å². The van der Waals surface area contributed by atoms with E-state index in [1.807, 2.05) is 0 Å². The number of hydrogen-bond acceptors (Lipinski definition) is 1. The minimum absolute atomic E-state index is 0. The molecule has 0 aliphatic rings. The molecule has 0 aromatic heterocycles. The van der Waals surface area contributed by atoms with Crippen LogP contribution in [0.4, 0.5) is 0 Å². The van der Waals surface area contributed by atoms with E-state index in [9.17, 15) is 0 Å². The molecule has 1 unspecified atom stereocenters. The van der Waals surface area contributed by atoms with Gasteiger partial charge in [-0.25, -0.2) is 0 Å². The minimum Gasteiger partial charge on any atom is -0.314 e. The van der Waals surface area contributed by atoms with Crippen LogP contribution in [0.2, 0.25) is 0 Å². The highest BCUT2D eigenvalue weighted by molar-refractivity contribution is 5.85. The van der Waals surface area contributed by atoms with Gasteiger partial charge in [0.05, 0.1) is 0 Å². The summed E-state index contributed by atoms with van der Waals surface area (Å²) in [7, 11) is 0. The number of halogens is 1. The van der Waals surface area contributed by atoms with Crippen molar-refractivity contribution in [2.75, 3.05) is 6.54 Å². The van der Waals surface area contributed by atoms with Gasteiger partial charge in [0.1, 0.15) is 0 Å². The molecule has 1 atom stereocenters. The standard InChI is InChI=1S/C14H23N.ClH/c1-3-8-14(15-11-4-2)12-13-9-6-5-7-10-13;/h5-7,9-10,14-15H,3-4,8,11-12H2,1-2H3;1H. The second-order valence-corrected chi connectivity index (χ2v) is 4.13. The lowest BCUT2D eigenvalue weighted by atomic mass is 10.0. The molecule has 0 fully saturated rings. The van der Waals surface area contributed by atoms with E-state index in [4.69, 9.17) is 0 Å². The van der Waals surface area contributed by atoms with E-state index in [1.165, 1.54) is 24.8 Å². The van der Waals surface area contributed by atoms with Crippen molar-refractivity contribution < 1.29 is 0 Å². The highest BCUT2D eigenvalue weighted by Gasteiger charge is 2.06. The average molecular weight is 242 g/mol. The van der Waals surface area contributed by atoms with Crippen LogP contribution in [0.25, 0.3) is 0 Å². The average Bonchev–Trinajstić information content (AvgIpc) is 2.28. The Morgan fingerprint density at radius 1 is 1.06 bits per heavy atom. The van der Waals surface area contributed by atoms with Gasteiger partial charge in [-0.1, -0.05) is 50.6 Å². The summed E-state index contributed by atoms with van der Waals surface area (Å²) in [6.07, 6.45) is 4.91. The van der Waals surface area contributed by atoms with Gasteiger partial charge in [0.2, 0.25) is 0 Å². The molecule has 0 spiro atoms. The first kappa shape index (κ1) is 15.5. The van der Waals surface area contributed by atoms with E-state index in [0.29, 0.717) is 6.04 Å². The van der Waals surface area contributed by atoms with Gasteiger partial charge in [-0.3, -0.25) is 0 Å². The SMILES string of the molecule is CCCNC(CCC)Cc1ccccc1.Cl. The van der Waals surface area contributed by atoms with E-state index in [2.05, 4.69) is 49.5 Å². The van der Waals surface area contributed by atoms with Gasteiger partial charge in [-0.05, 0) is 31.4 Å². The van der Waals surface area contributed by atoms with Gasteiger partial charge >= 0.3 is 0 Å². The van der Waals surface area contributed by atoms with Crippen LogP contribution >= 0.6 is 12.4 Å². The van der Waals surface area contributed by atoms with Crippen molar-refractivity contribution in [3.63, 3.8) is 0 Å². The topological polar surface area (TPSA) is 12.0 Å². The zero-order chi connectivity index (χ0) is 10.9. The van der Waals surface area contributed by atoms with E-state index in [-0.39, 0.29) is 12.4 Å². The third-order valence-electron chi connectivity index (χ3n) is 2.65. The number of benzene rings is 1. The van der Waals surface area contributed by atoms with Crippen LogP contribution in [0.3, 0.4) is 0 Å². The third-order valence-corrected chi connectivity index (χ3v) is 2.65. The molecular formula is C14H24ClN. The lowest BCUT2D eigenvalue weighted by molar-refractivity contribution is 0.473. The summed E-state index contributed by atoms with van der Waals surface area (Å²) in [6, 6.07) is 11.4. The van der Waals surface area contributed by atoms with E-state index in [1.54, 1.807) is 0 Å². The first-order valence-electron chi connectivity index (χ1n) is 6.14. The molecule has 1 N–H and O–H groups in total. The molecule has 1 nitrogen and oxygen atoms in total. The Hall–Kier alpha value is -0.530. The van der Waals surface area contributed by atoms with Crippen molar-refractivity contribution >= 4 is 12.4 Å². The molecule has 0 saturated carbocycles. The van der Waals surface area contributed by atoms with Crippen molar-refractivity contribution in [2.24, 2.45) is 0 Å². The molecule has 92 valence electrons. The molecule has 0 aliphatic carbocycles. The maximum atomic E-state index is 3.62. The summed E-state index contributed by atoms with van der Waals surface area (Å²) in [5.74, 6) is 0. The molecular weight excluding hydrogens is 218 g/mol. The Morgan fingerprint density at radius 2 is 1.75 bits per heavy atom. The van der Waals surface area contributed by atoms with E-state index < -0.39 is 0 Å². The van der Waals surface area contributed by atoms with Gasteiger partial charge in [-0.2, -0.15) is 0 Å². The molecule has 1 aromatic rings. The van der Waals surface area contributed by atoms with Crippen LogP contribution in [0.15, 0.2) is 30.3 Å². The lowest BCUT2D eigenvalue weighted by Crippen LogP contribution is -2.31. The van der Waals surface area contributed by atoms with Gasteiger partial charge in [-0.15, -0.1) is 12.4 Å². The molecule has 0 saturated heterocycles. The number of hydrogen-bond donors (Lipinski definition) is 1. The van der Waals surface area contributed by atoms with Crippen molar-refractivity contribution in [1.29, 1.82) is 0 Å². The monoisotopic (exact) mass is 241 g/mol. The molecule has 2 heteroatoms. The number of nitrogens with one attached hydrogen (secondary N) is 1. The highest BCUT2D eigenvalue weighted by atomic mass is 35.5. The first-order chi connectivity index (χ1) is 7.36. The molecule has 0 aliphatic heterocycles. The van der Waals surface area contributed by atoms with Crippen molar-refractivity contribution in [2.45, 2.75) is 45.6 Å². The van der Waals surface area contributed by atoms with Gasteiger partial charge in [0.25, 0.3) is 0 Å². The molecule has 0 bridgehead atoms. The maximum absolute atomic E-state index is 3.62. The van der Waals surface area contributed by atoms with Crippen LogP contribution in [0.5, 0.6) is 0 Å². The van der Waals surface area contributed by atoms with Crippen LogP contribution in [0, 0.1) is 0 Å². The lowest BCUT2D eigenvalue weighted by Gasteiger charge is -2.17. The molecule has 1 rings (SSSR count). The van der Waals surface area contributed by atoms with Crippen molar-refractivity contribution in [3.05, 3.63) is 35.9 Å². The summed E-state index contributed by atoms with van der Waals surface area (Å²) in [5, 5.41) is 3.62. The van der Waals surface area contributed by atoms with Crippen LogP contribution in [-0.2, 0) is 6.42 Å². The Bertz CT molecular complexity index is 248. The van der Waals surface area contributed by atoms with Crippen molar-refractivity contribution in [1.82, 2.24) is 5.32 Å². The fourth-order valence-corrected chi connectivity index (χ4v) is 1.87. The third kappa shape index (κ3) is 6.14. The summed E-state index contributed by atoms with van der Waals surface area (Å²) in [5.41, 5.74) is 1.44. The molecule has 0 heterocycles. The maximum Gasteiger partial charge on any atom is 0.0107 e. The van der Waals surface area contributed by atoms with Gasteiger partial charge in [0, 0.05) is 6.04 Å². The Kier molecular flexibility index (Phi) is 9.36. The molecule has 0 amide bonds. The minimum atomic E-state index is 0. The second-order valence-electron chi connectivity index (χ2n) is 4.13. The Balaban J connectivity index is 0.00000225. The summed E-state index contributed by atoms with van der Waals surface area (Å²) in [6.45, 7) is 5.61. The molecule has 16 heavy (non-hydrogen) atoms. The van der Waals surface area contributed by atoms with Gasteiger partial charge < -0.3 is 5.32 Å². The number of rotatable bonds is 7. The van der Waals surface area contributed by atoms with Gasteiger partial charge in [0.15, 0.2) is 0 Å². The van der Waals surface area contributed by atoms with E-state index >= 15 is 0 Å². The summed E-state index contributed by atoms with van der Waals surface area (Å²) in [4.78, 5) is 0. The molecule has 0 radical (unpaired) electrons. The zero-order valence-electron chi connectivity index (χ0n) is 10.4. The Morgan fingerprint density at radius 3 is 2.31 bits per heavy atom. The fraction of sp³-hybridized carbons (Fsp3) is 0.571. The molecule has 1 aromatic carbocycles. The predicted molar refractivity (Wildman–Crippen MR) is 74.4 cm³/mol.